The van der Waals surface area contributed by atoms with Gasteiger partial charge in [-0.2, -0.15) is 0 Å². The van der Waals surface area contributed by atoms with Crippen LogP contribution >= 0.6 is 0 Å². The average Bonchev–Trinajstić information content (AvgIpc) is 3.04. The molecule has 1 heterocycles. The van der Waals surface area contributed by atoms with Gasteiger partial charge in [0, 0.05) is 11.8 Å². The van der Waals surface area contributed by atoms with Crippen molar-refractivity contribution in [2.24, 2.45) is 23.2 Å². The Labute approximate surface area is 136 Å². The normalized spacial score (nSPS) is 51.3. The summed E-state index contributed by atoms with van der Waals surface area (Å²) in [6, 6.07) is 0. The highest BCUT2D eigenvalue weighted by Gasteiger charge is 2.56. The zero-order valence-corrected chi connectivity index (χ0v) is 13.6. The number of hydrogen-bond acceptors (Lipinski definition) is 4. The molecule has 4 heteroatoms. The summed E-state index contributed by atoms with van der Waals surface area (Å²) < 4.78 is 11.0. The summed E-state index contributed by atoms with van der Waals surface area (Å²) in [5.74, 6) is 0.891. The lowest BCUT2D eigenvalue weighted by Crippen LogP contribution is -2.46. The Morgan fingerprint density at radius 1 is 1.26 bits per heavy atom. The van der Waals surface area contributed by atoms with Crippen molar-refractivity contribution in [3.8, 4) is 0 Å². The number of aliphatic hydroxyl groups is 1. The predicted octanol–water partition coefficient (Wildman–Crippen LogP) is 2.72. The number of carbonyl (C=O) groups excluding carboxylic acids is 1. The van der Waals surface area contributed by atoms with Crippen LogP contribution in [0.1, 0.15) is 45.4 Å². The van der Waals surface area contributed by atoms with Crippen LogP contribution in [-0.2, 0) is 14.3 Å². The fraction of sp³-hybridized carbons (Fsp3) is 0.737. The smallest absolute Gasteiger partial charge is 0.219 e. The van der Waals surface area contributed by atoms with E-state index in [0.717, 1.165) is 38.5 Å². The number of allylic oxidation sites excluding steroid dienone is 2. The second-order valence-corrected chi connectivity index (χ2v) is 8.23. The molecule has 1 saturated heterocycles. The fourth-order valence-electron chi connectivity index (χ4n) is 6.05. The summed E-state index contributed by atoms with van der Waals surface area (Å²) in [5.41, 5.74) is 2.52. The highest BCUT2D eigenvalue weighted by molar-refractivity contribution is 5.87. The number of fused-ring (bicyclic) bond motifs is 6. The Hall–Kier alpha value is -0.970. The van der Waals surface area contributed by atoms with E-state index in [1.54, 1.807) is 0 Å². The topological polar surface area (TPSA) is 55.8 Å². The van der Waals surface area contributed by atoms with Crippen LogP contribution in [-0.4, -0.2) is 29.6 Å². The Kier molecular flexibility index (Phi) is 2.85. The third-order valence-corrected chi connectivity index (χ3v) is 7.32. The van der Waals surface area contributed by atoms with Gasteiger partial charge in [0.15, 0.2) is 6.79 Å². The quantitative estimate of drug-likeness (QED) is 0.746. The Morgan fingerprint density at radius 2 is 2.13 bits per heavy atom. The molecule has 4 aliphatic carbocycles. The molecule has 0 aromatic heterocycles. The molecular formula is C19H24O4. The monoisotopic (exact) mass is 316 g/mol. The highest BCUT2D eigenvalue weighted by atomic mass is 16.8. The van der Waals surface area contributed by atoms with Crippen molar-refractivity contribution in [1.82, 2.24) is 0 Å². The molecule has 3 saturated carbocycles. The molecule has 0 spiro atoms. The maximum atomic E-state index is 12.4. The minimum Gasteiger partial charge on any atom is -0.360 e. The van der Waals surface area contributed by atoms with E-state index in [1.807, 2.05) is 6.08 Å². The molecule has 1 aliphatic heterocycles. The minimum atomic E-state index is -1.27. The Bertz CT molecular complexity index is 635. The number of Topliss-reactive ketones (excluding diaryl/α,β-unsaturated/α-hetero) is 1. The standard InChI is InChI=1S/C19H24O4/c1-18-7-6-12-13(15(18)4-5-16(18)20)3-2-11-9-19(21)17(8-14(11)12)22-10-23-19/h8-9,12-13,15,17,21H,2-7,10H2,1H3/t12-,13+,15-,17?,18-,19?/m0/s1. The van der Waals surface area contributed by atoms with Gasteiger partial charge in [0.25, 0.3) is 0 Å². The van der Waals surface area contributed by atoms with Gasteiger partial charge in [-0.05, 0) is 73.2 Å². The molecule has 0 aromatic carbocycles. The molecule has 5 rings (SSSR count). The summed E-state index contributed by atoms with van der Waals surface area (Å²) in [6.07, 6.45) is 9.66. The lowest BCUT2D eigenvalue weighted by atomic mass is 9.54. The number of carbonyl (C=O) groups is 1. The third-order valence-electron chi connectivity index (χ3n) is 7.32. The molecule has 6 atom stereocenters. The maximum absolute atomic E-state index is 12.4. The van der Waals surface area contributed by atoms with Gasteiger partial charge >= 0.3 is 0 Å². The zero-order valence-electron chi connectivity index (χ0n) is 13.6. The van der Waals surface area contributed by atoms with E-state index in [0.29, 0.717) is 23.5 Å². The lowest BCUT2D eigenvalue weighted by molar-refractivity contribution is -0.135. The first-order chi connectivity index (χ1) is 11.0. The fourth-order valence-corrected chi connectivity index (χ4v) is 6.05. The van der Waals surface area contributed by atoms with Crippen LogP contribution in [0.2, 0.25) is 0 Å². The first-order valence-corrected chi connectivity index (χ1v) is 8.96. The van der Waals surface area contributed by atoms with Crippen molar-refractivity contribution >= 4 is 5.78 Å². The minimum absolute atomic E-state index is 0.0781. The number of rotatable bonds is 0. The average molecular weight is 316 g/mol. The predicted molar refractivity (Wildman–Crippen MR) is 83.2 cm³/mol. The van der Waals surface area contributed by atoms with Crippen LogP contribution in [0.15, 0.2) is 23.3 Å². The summed E-state index contributed by atoms with van der Waals surface area (Å²) in [6.45, 7) is 2.36. The van der Waals surface area contributed by atoms with Crippen LogP contribution in [0.4, 0.5) is 0 Å². The molecule has 4 fully saturated rings. The van der Waals surface area contributed by atoms with Crippen LogP contribution in [0, 0.1) is 23.2 Å². The molecule has 0 amide bonds. The molecule has 0 radical (unpaired) electrons. The van der Waals surface area contributed by atoms with Crippen LogP contribution in [0.25, 0.3) is 0 Å². The first-order valence-electron chi connectivity index (χ1n) is 8.96. The SMILES string of the molecule is C[C@]12CC[C@@H]3C4=CC5OCOC5(O)C=C4CC[C@H]3[C@@H]1CCC2=O. The molecule has 124 valence electrons. The molecule has 4 nitrogen and oxygen atoms in total. The highest BCUT2D eigenvalue weighted by Crippen LogP contribution is 2.60. The molecule has 23 heavy (non-hydrogen) atoms. The number of ketones is 1. The van der Waals surface area contributed by atoms with E-state index >= 15 is 0 Å². The Balaban J connectivity index is 1.51. The van der Waals surface area contributed by atoms with E-state index in [9.17, 15) is 9.90 Å². The number of ether oxygens (including phenoxy) is 2. The molecule has 0 bridgehead atoms. The van der Waals surface area contributed by atoms with Crippen LogP contribution < -0.4 is 0 Å². The summed E-state index contributed by atoms with van der Waals surface area (Å²) >= 11 is 0. The summed E-state index contributed by atoms with van der Waals surface area (Å²) in [7, 11) is 0. The largest absolute Gasteiger partial charge is 0.360 e. The van der Waals surface area contributed by atoms with Gasteiger partial charge in [0.1, 0.15) is 11.9 Å². The van der Waals surface area contributed by atoms with E-state index in [2.05, 4.69) is 13.0 Å². The second-order valence-electron chi connectivity index (χ2n) is 8.23. The van der Waals surface area contributed by atoms with E-state index in [1.165, 1.54) is 11.1 Å². The van der Waals surface area contributed by atoms with E-state index in [-0.39, 0.29) is 18.3 Å². The van der Waals surface area contributed by atoms with Gasteiger partial charge in [-0.25, -0.2) is 0 Å². The van der Waals surface area contributed by atoms with Crippen molar-refractivity contribution in [2.75, 3.05) is 6.79 Å². The Morgan fingerprint density at radius 3 is 3.00 bits per heavy atom. The van der Waals surface area contributed by atoms with Gasteiger partial charge in [-0.1, -0.05) is 6.92 Å². The van der Waals surface area contributed by atoms with Gasteiger partial charge < -0.3 is 14.6 Å². The van der Waals surface area contributed by atoms with Gasteiger partial charge in [0.05, 0.1) is 0 Å². The maximum Gasteiger partial charge on any atom is 0.219 e. The first kappa shape index (κ1) is 14.4. The zero-order chi connectivity index (χ0) is 15.8. The van der Waals surface area contributed by atoms with Crippen molar-refractivity contribution < 1.29 is 19.4 Å². The summed E-state index contributed by atoms with van der Waals surface area (Å²) in [5, 5.41) is 10.6. The van der Waals surface area contributed by atoms with Gasteiger partial charge in [-0.3, -0.25) is 4.79 Å². The molecular weight excluding hydrogens is 292 g/mol. The van der Waals surface area contributed by atoms with E-state index < -0.39 is 5.79 Å². The van der Waals surface area contributed by atoms with Crippen molar-refractivity contribution in [1.29, 1.82) is 0 Å². The van der Waals surface area contributed by atoms with Gasteiger partial charge in [-0.15, -0.1) is 0 Å². The second kappa shape index (κ2) is 4.56. The van der Waals surface area contributed by atoms with Crippen molar-refractivity contribution in [3.63, 3.8) is 0 Å². The molecule has 1 N–H and O–H groups in total. The summed E-state index contributed by atoms with van der Waals surface area (Å²) in [4.78, 5) is 12.4. The third kappa shape index (κ3) is 1.80. The van der Waals surface area contributed by atoms with Crippen molar-refractivity contribution in [3.05, 3.63) is 23.3 Å². The van der Waals surface area contributed by atoms with E-state index in [4.69, 9.17) is 9.47 Å². The lowest BCUT2D eigenvalue weighted by Gasteiger charge is -2.50. The number of hydrogen-bond donors (Lipinski definition) is 1. The van der Waals surface area contributed by atoms with Crippen LogP contribution in [0.5, 0.6) is 0 Å². The molecule has 2 unspecified atom stereocenters. The molecule has 0 aromatic rings. The van der Waals surface area contributed by atoms with Crippen molar-refractivity contribution in [2.45, 2.75) is 57.3 Å². The molecule has 5 aliphatic rings. The van der Waals surface area contributed by atoms with Crippen LogP contribution in [0.3, 0.4) is 0 Å². The van der Waals surface area contributed by atoms with Gasteiger partial charge in [0.2, 0.25) is 5.79 Å².